The number of hydrogen-bond acceptors (Lipinski definition) is 5. The highest BCUT2D eigenvalue weighted by Crippen LogP contribution is 2.49. The number of halogens is 9. The highest BCUT2D eigenvalue weighted by Gasteiger charge is 2.74. The molecule has 0 aliphatic rings. The van der Waals surface area contributed by atoms with Crippen molar-refractivity contribution >= 4 is 44.8 Å². The molecule has 144 valence electrons. The first-order valence-corrected chi connectivity index (χ1v) is 8.82. The van der Waals surface area contributed by atoms with Crippen LogP contribution in [0, 0.1) is 0 Å². The van der Waals surface area contributed by atoms with E-state index in [1.54, 1.807) is 0 Å². The Balaban J connectivity index is 3.03. The summed E-state index contributed by atoms with van der Waals surface area (Å²) in [6.07, 6.45) is -12.6. The maximum absolute atomic E-state index is 13.4. The molecular weight excluding hydrogens is 527 g/mol. The summed E-state index contributed by atoms with van der Waals surface area (Å²) < 4.78 is 126. The van der Waals surface area contributed by atoms with Crippen molar-refractivity contribution in [2.75, 3.05) is 0 Å². The molecule has 0 aliphatic carbocycles. The van der Waals surface area contributed by atoms with Gasteiger partial charge in [0, 0.05) is 39.5 Å². The zero-order chi connectivity index (χ0) is 19.7. The van der Waals surface area contributed by atoms with Crippen molar-refractivity contribution in [1.29, 1.82) is 0 Å². The van der Waals surface area contributed by atoms with Crippen molar-refractivity contribution in [1.82, 2.24) is 0 Å². The predicted octanol–water partition coefficient (Wildman–Crippen LogP) is 4.86. The number of ether oxygens (including phenoxy) is 1. The molecule has 0 spiro atoms. The summed E-state index contributed by atoms with van der Waals surface area (Å²) in [5.74, 6) is 0. The fourth-order valence-corrected chi connectivity index (χ4v) is 2.75. The zero-order valence-electron chi connectivity index (χ0n) is 11.2. The molecule has 0 N–H and O–H groups in total. The second-order valence-corrected chi connectivity index (χ2v) is 8.03. The summed E-state index contributed by atoms with van der Waals surface area (Å²) in [6, 6.07) is 6.38. The van der Waals surface area contributed by atoms with Crippen LogP contribution in [0.25, 0.3) is 0 Å². The molecule has 0 heterocycles. The van der Waals surface area contributed by atoms with Gasteiger partial charge < -0.3 is 0 Å². The third-order valence-electron chi connectivity index (χ3n) is 2.20. The molecule has 0 saturated carbocycles. The van der Waals surface area contributed by atoms with E-state index in [-0.39, 0.29) is 39.5 Å². The van der Waals surface area contributed by atoms with Crippen LogP contribution in [0.3, 0.4) is 0 Å². The van der Waals surface area contributed by atoms with Gasteiger partial charge in [0.25, 0.3) is 0 Å². The summed E-state index contributed by atoms with van der Waals surface area (Å²) in [4.78, 5) is -0.116. The molecule has 0 bridgehead atoms. The first-order chi connectivity index (χ1) is 11.0. The molecule has 0 atom stereocenters. The van der Waals surface area contributed by atoms with E-state index in [2.05, 4.69) is 8.37 Å². The third kappa shape index (κ3) is 5.08. The van der Waals surface area contributed by atoms with E-state index in [0.717, 1.165) is 12.1 Å². The SMILES string of the molecule is O=S(=O)(OSc1ccccc1)C(F)(F)C(F)(F)OC(F)(F)C(F)(F)I. The van der Waals surface area contributed by atoms with Crippen molar-refractivity contribution < 1.29 is 51.9 Å². The molecule has 1 aromatic carbocycles. The Morgan fingerprint density at radius 2 is 1.36 bits per heavy atom. The lowest BCUT2D eigenvalue weighted by Crippen LogP contribution is -2.54. The summed E-state index contributed by atoms with van der Waals surface area (Å²) in [5, 5.41) is -6.40. The maximum atomic E-state index is 13.4. The molecule has 25 heavy (non-hydrogen) atoms. The average Bonchev–Trinajstić information content (AvgIpc) is 2.43. The molecule has 0 fully saturated rings. The molecule has 0 aromatic heterocycles. The van der Waals surface area contributed by atoms with E-state index in [1.165, 1.54) is 18.2 Å². The van der Waals surface area contributed by atoms with Crippen LogP contribution < -0.4 is 0 Å². The van der Waals surface area contributed by atoms with Crippen LogP contribution >= 0.6 is 34.6 Å². The van der Waals surface area contributed by atoms with Crippen molar-refractivity contribution in [3.63, 3.8) is 0 Å². The minimum Gasteiger partial charge on any atom is -0.244 e. The van der Waals surface area contributed by atoms with Gasteiger partial charge in [0.2, 0.25) is 0 Å². The molecule has 0 saturated heterocycles. The van der Waals surface area contributed by atoms with Gasteiger partial charge >= 0.3 is 31.5 Å². The molecule has 0 radical (unpaired) electrons. The molecule has 0 aliphatic heterocycles. The second-order valence-electron chi connectivity index (χ2n) is 4.07. The molecule has 4 nitrogen and oxygen atoms in total. The minimum atomic E-state index is -6.56. The average molecular weight is 532 g/mol. The Bertz CT molecular complexity index is 693. The molecular formula is C10H5F8IO4S2. The smallest absolute Gasteiger partial charge is 0.244 e. The Labute approximate surface area is 153 Å². The van der Waals surface area contributed by atoms with Gasteiger partial charge in [0.1, 0.15) is 0 Å². The summed E-state index contributed by atoms with van der Waals surface area (Å²) >= 11 is -0.639. The quantitative estimate of drug-likeness (QED) is 0.207. The van der Waals surface area contributed by atoms with Crippen LogP contribution in [0.15, 0.2) is 35.2 Å². The van der Waals surface area contributed by atoms with Crippen molar-refractivity contribution in [2.45, 2.75) is 26.3 Å². The van der Waals surface area contributed by atoms with Crippen molar-refractivity contribution in [2.24, 2.45) is 0 Å². The lowest BCUT2D eigenvalue weighted by atomic mass is 10.4. The van der Waals surface area contributed by atoms with Crippen LogP contribution in [-0.2, 0) is 18.5 Å². The van der Waals surface area contributed by atoms with Gasteiger partial charge in [-0.05, 0) is 12.1 Å². The Morgan fingerprint density at radius 3 is 1.80 bits per heavy atom. The fraction of sp³-hybridized carbons (Fsp3) is 0.400. The van der Waals surface area contributed by atoms with Crippen LogP contribution in [-0.4, -0.2) is 29.8 Å². The predicted molar refractivity (Wildman–Crippen MR) is 77.2 cm³/mol. The second kappa shape index (κ2) is 7.32. The first kappa shape index (κ1) is 22.7. The number of rotatable bonds is 8. The van der Waals surface area contributed by atoms with Gasteiger partial charge in [-0.25, -0.2) is 4.74 Å². The van der Waals surface area contributed by atoms with Crippen LogP contribution in [0.5, 0.6) is 0 Å². The monoisotopic (exact) mass is 532 g/mol. The van der Waals surface area contributed by atoms with Crippen LogP contribution in [0.2, 0.25) is 0 Å². The van der Waals surface area contributed by atoms with E-state index in [9.17, 15) is 43.5 Å². The largest absolute Gasteiger partial charge is 0.461 e. The number of benzene rings is 1. The summed E-state index contributed by atoms with van der Waals surface area (Å²) in [7, 11) is -6.56. The Morgan fingerprint density at radius 1 is 0.880 bits per heavy atom. The highest BCUT2D eigenvalue weighted by molar-refractivity contribution is 14.1. The first-order valence-electron chi connectivity index (χ1n) is 5.59. The third-order valence-corrected chi connectivity index (χ3v) is 5.15. The van der Waals surface area contributed by atoms with Gasteiger partial charge in [-0.15, -0.1) is 0 Å². The number of alkyl halides is 9. The van der Waals surface area contributed by atoms with Gasteiger partial charge in [-0.3, -0.25) is 0 Å². The topological polar surface area (TPSA) is 52.6 Å². The molecule has 1 aromatic rings. The van der Waals surface area contributed by atoms with Gasteiger partial charge in [0.15, 0.2) is 0 Å². The van der Waals surface area contributed by atoms with Gasteiger partial charge in [-0.1, -0.05) is 18.2 Å². The van der Waals surface area contributed by atoms with Crippen molar-refractivity contribution in [3.8, 4) is 0 Å². The van der Waals surface area contributed by atoms with E-state index in [0.29, 0.717) is 0 Å². The van der Waals surface area contributed by atoms with Crippen LogP contribution in [0.1, 0.15) is 0 Å². The maximum Gasteiger partial charge on any atom is 0.461 e. The van der Waals surface area contributed by atoms with Crippen LogP contribution in [0.4, 0.5) is 35.1 Å². The number of hydrogen-bond donors (Lipinski definition) is 0. The summed E-state index contributed by atoms with van der Waals surface area (Å²) in [6.45, 7) is 0. The normalized spacial score (nSPS) is 14.6. The van der Waals surface area contributed by atoms with E-state index < -0.39 is 31.5 Å². The van der Waals surface area contributed by atoms with E-state index in [1.807, 2.05) is 0 Å². The lowest BCUT2D eigenvalue weighted by molar-refractivity contribution is -0.438. The molecule has 0 amide bonds. The fourth-order valence-electron chi connectivity index (χ4n) is 1.03. The molecule has 15 heteroatoms. The lowest BCUT2D eigenvalue weighted by Gasteiger charge is -2.29. The van der Waals surface area contributed by atoms with E-state index in [4.69, 9.17) is 0 Å². The minimum absolute atomic E-state index is 0.116. The van der Waals surface area contributed by atoms with Gasteiger partial charge in [0.05, 0.1) is 0 Å². The highest BCUT2D eigenvalue weighted by atomic mass is 127. The van der Waals surface area contributed by atoms with Gasteiger partial charge in [-0.2, -0.15) is 47.2 Å². The molecule has 1 rings (SSSR count). The molecule has 0 unspecified atom stereocenters. The van der Waals surface area contributed by atoms with E-state index >= 15 is 0 Å². The zero-order valence-corrected chi connectivity index (χ0v) is 15.0. The van der Waals surface area contributed by atoms with Crippen molar-refractivity contribution in [3.05, 3.63) is 30.3 Å². The Kier molecular flexibility index (Phi) is 6.63. The summed E-state index contributed by atoms with van der Waals surface area (Å²) in [5.41, 5.74) is 0. The Hall–Kier alpha value is -0.390. The standard InChI is InChI=1S/C10H5F8IO4S2/c11-7(12,19)8(13,14)22-9(15,16)10(17,18)25(20,21)23-24-6-4-2-1-3-5-6/h1-5H.